The van der Waals surface area contributed by atoms with E-state index in [1.807, 2.05) is 12.1 Å². The molecular formula is C14H22ClFN2O. The monoisotopic (exact) mass is 288 g/mol. The van der Waals surface area contributed by atoms with E-state index >= 15 is 0 Å². The van der Waals surface area contributed by atoms with Crippen LogP contribution in [0.4, 0.5) is 10.1 Å². The van der Waals surface area contributed by atoms with E-state index in [0.717, 1.165) is 31.5 Å². The number of hydrogen-bond donors (Lipinski definition) is 1. The Hall–Kier alpha value is -0.840. The number of piperidine rings is 1. The second kappa shape index (κ2) is 6.55. The Morgan fingerprint density at radius 1 is 1.37 bits per heavy atom. The standard InChI is InChI=1S/C14H21FN2O.ClH/c1-14(18-2)5-7-17(8-6-14)13-4-3-11(10-16)9-12(13)15;/h3-4,9H,5-8,10,16H2,1-2H3;1H. The van der Waals surface area contributed by atoms with Crippen LogP contribution in [0.2, 0.25) is 0 Å². The summed E-state index contributed by atoms with van der Waals surface area (Å²) in [7, 11) is 1.74. The Morgan fingerprint density at radius 3 is 2.47 bits per heavy atom. The topological polar surface area (TPSA) is 38.5 Å². The SMILES string of the molecule is COC1(C)CCN(c2ccc(CN)cc2F)CC1.Cl. The fourth-order valence-corrected chi connectivity index (χ4v) is 2.36. The summed E-state index contributed by atoms with van der Waals surface area (Å²) in [6, 6.07) is 5.25. The number of hydrogen-bond acceptors (Lipinski definition) is 3. The van der Waals surface area contributed by atoms with Crippen molar-refractivity contribution in [3.63, 3.8) is 0 Å². The number of anilines is 1. The van der Waals surface area contributed by atoms with Gasteiger partial charge < -0.3 is 15.4 Å². The Labute approximate surface area is 120 Å². The third-order valence-corrected chi connectivity index (χ3v) is 3.90. The van der Waals surface area contributed by atoms with Crippen LogP contribution in [0.15, 0.2) is 18.2 Å². The minimum absolute atomic E-state index is 0. The normalized spacial score (nSPS) is 18.0. The summed E-state index contributed by atoms with van der Waals surface area (Å²) in [5.41, 5.74) is 6.94. The van der Waals surface area contributed by atoms with Gasteiger partial charge in [-0.1, -0.05) is 6.07 Å². The Balaban J connectivity index is 0.00000180. The van der Waals surface area contributed by atoms with Crippen molar-refractivity contribution in [2.24, 2.45) is 5.73 Å². The first-order chi connectivity index (χ1) is 8.58. The zero-order valence-electron chi connectivity index (χ0n) is 11.5. The number of nitrogens with zero attached hydrogens (tertiary/aromatic N) is 1. The number of nitrogens with two attached hydrogens (primary N) is 1. The van der Waals surface area contributed by atoms with E-state index in [0.29, 0.717) is 12.2 Å². The molecule has 0 saturated carbocycles. The van der Waals surface area contributed by atoms with Crippen molar-refractivity contribution in [1.82, 2.24) is 0 Å². The lowest BCUT2D eigenvalue weighted by Gasteiger charge is -2.39. The summed E-state index contributed by atoms with van der Waals surface area (Å²) in [5.74, 6) is -0.182. The van der Waals surface area contributed by atoms with Crippen LogP contribution in [0.1, 0.15) is 25.3 Å². The van der Waals surface area contributed by atoms with E-state index in [1.54, 1.807) is 7.11 Å². The average Bonchev–Trinajstić information content (AvgIpc) is 2.40. The molecule has 0 bridgehead atoms. The maximum absolute atomic E-state index is 14.0. The van der Waals surface area contributed by atoms with Gasteiger partial charge in [-0.2, -0.15) is 0 Å². The van der Waals surface area contributed by atoms with Crippen molar-refractivity contribution >= 4 is 18.1 Å². The zero-order chi connectivity index (χ0) is 13.2. The summed E-state index contributed by atoms with van der Waals surface area (Å²) in [6.45, 7) is 4.13. The fraction of sp³-hybridized carbons (Fsp3) is 0.571. The van der Waals surface area contributed by atoms with E-state index in [9.17, 15) is 4.39 Å². The summed E-state index contributed by atoms with van der Waals surface area (Å²) in [4.78, 5) is 2.08. The predicted octanol–water partition coefficient (Wildman–Crippen LogP) is 2.71. The lowest BCUT2D eigenvalue weighted by atomic mass is 9.93. The van der Waals surface area contributed by atoms with E-state index in [-0.39, 0.29) is 23.8 Å². The molecule has 0 aromatic heterocycles. The van der Waals surface area contributed by atoms with Crippen molar-refractivity contribution in [3.05, 3.63) is 29.6 Å². The molecule has 0 radical (unpaired) electrons. The number of halogens is 2. The number of rotatable bonds is 3. The molecule has 5 heteroatoms. The van der Waals surface area contributed by atoms with Gasteiger partial charge >= 0.3 is 0 Å². The van der Waals surface area contributed by atoms with Crippen molar-refractivity contribution in [2.75, 3.05) is 25.1 Å². The molecule has 0 unspecified atom stereocenters. The zero-order valence-corrected chi connectivity index (χ0v) is 12.3. The summed E-state index contributed by atoms with van der Waals surface area (Å²) >= 11 is 0. The average molecular weight is 289 g/mol. The van der Waals surface area contributed by atoms with Crippen LogP contribution in [0.3, 0.4) is 0 Å². The molecule has 108 valence electrons. The van der Waals surface area contributed by atoms with Gasteiger partial charge in [0.25, 0.3) is 0 Å². The molecule has 19 heavy (non-hydrogen) atoms. The predicted molar refractivity (Wildman–Crippen MR) is 78.4 cm³/mol. The molecule has 2 N–H and O–H groups in total. The Kier molecular flexibility index (Phi) is 5.59. The van der Waals surface area contributed by atoms with Crippen molar-refractivity contribution in [3.8, 4) is 0 Å². The molecule has 1 heterocycles. The molecule has 1 aliphatic rings. The van der Waals surface area contributed by atoms with Gasteiger partial charge in [0, 0.05) is 26.7 Å². The minimum atomic E-state index is -0.182. The molecule has 0 atom stereocenters. The number of benzene rings is 1. The maximum atomic E-state index is 14.0. The van der Waals surface area contributed by atoms with E-state index in [4.69, 9.17) is 10.5 Å². The van der Waals surface area contributed by atoms with Crippen LogP contribution in [0.5, 0.6) is 0 Å². The lowest BCUT2D eigenvalue weighted by molar-refractivity contribution is -0.0133. The number of ether oxygens (including phenoxy) is 1. The quantitative estimate of drug-likeness (QED) is 0.929. The number of methoxy groups -OCH3 is 1. The second-order valence-corrected chi connectivity index (χ2v) is 5.13. The molecule has 0 amide bonds. The van der Waals surface area contributed by atoms with E-state index in [2.05, 4.69) is 11.8 Å². The lowest BCUT2D eigenvalue weighted by Crippen LogP contribution is -2.44. The highest BCUT2D eigenvalue weighted by Gasteiger charge is 2.30. The van der Waals surface area contributed by atoms with Crippen LogP contribution in [0, 0.1) is 5.82 Å². The first-order valence-electron chi connectivity index (χ1n) is 6.36. The highest BCUT2D eigenvalue weighted by atomic mass is 35.5. The summed E-state index contributed by atoms with van der Waals surface area (Å²) in [5, 5.41) is 0. The smallest absolute Gasteiger partial charge is 0.146 e. The van der Waals surface area contributed by atoms with Crippen molar-refractivity contribution < 1.29 is 9.13 Å². The van der Waals surface area contributed by atoms with Gasteiger partial charge in [-0.25, -0.2) is 4.39 Å². The third kappa shape index (κ3) is 3.59. The third-order valence-electron chi connectivity index (χ3n) is 3.90. The van der Waals surface area contributed by atoms with Crippen LogP contribution >= 0.6 is 12.4 Å². The largest absolute Gasteiger partial charge is 0.378 e. The Morgan fingerprint density at radius 2 is 2.00 bits per heavy atom. The van der Waals surface area contributed by atoms with Gasteiger partial charge in [-0.05, 0) is 37.5 Å². The molecule has 0 spiro atoms. The van der Waals surface area contributed by atoms with Crippen molar-refractivity contribution in [1.29, 1.82) is 0 Å². The van der Waals surface area contributed by atoms with Gasteiger partial charge in [0.1, 0.15) is 5.82 Å². The highest BCUT2D eigenvalue weighted by molar-refractivity contribution is 5.85. The molecule has 1 aliphatic heterocycles. The minimum Gasteiger partial charge on any atom is -0.378 e. The molecule has 2 rings (SSSR count). The fourth-order valence-electron chi connectivity index (χ4n) is 2.36. The first kappa shape index (κ1) is 16.2. The van der Waals surface area contributed by atoms with Crippen LogP contribution in [-0.4, -0.2) is 25.8 Å². The Bertz CT molecular complexity index is 420. The van der Waals surface area contributed by atoms with E-state index < -0.39 is 0 Å². The molecule has 0 aliphatic carbocycles. The van der Waals surface area contributed by atoms with Gasteiger partial charge in [-0.3, -0.25) is 0 Å². The molecule has 3 nitrogen and oxygen atoms in total. The molecule has 1 fully saturated rings. The summed E-state index contributed by atoms with van der Waals surface area (Å²) in [6.07, 6.45) is 1.84. The molecule has 1 aromatic carbocycles. The molecular weight excluding hydrogens is 267 g/mol. The van der Waals surface area contributed by atoms with E-state index in [1.165, 1.54) is 6.07 Å². The second-order valence-electron chi connectivity index (χ2n) is 5.13. The van der Waals surface area contributed by atoms with Crippen LogP contribution in [-0.2, 0) is 11.3 Å². The van der Waals surface area contributed by atoms with Crippen LogP contribution < -0.4 is 10.6 Å². The molecule has 1 saturated heterocycles. The van der Waals surface area contributed by atoms with Gasteiger partial charge in [0.15, 0.2) is 0 Å². The maximum Gasteiger partial charge on any atom is 0.146 e. The molecule has 1 aromatic rings. The van der Waals surface area contributed by atoms with Crippen LogP contribution in [0.25, 0.3) is 0 Å². The van der Waals surface area contributed by atoms with Gasteiger partial charge in [0.05, 0.1) is 11.3 Å². The highest BCUT2D eigenvalue weighted by Crippen LogP contribution is 2.29. The van der Waals surface area contributed by atoms with Crippen molar-refractivity contribution in [2.45, 2.75) is 31.9 Å². The van der Waals surface area contributed by atoms with Gasteiger partial charge in [-0.15, -0.1) is 12.4 Å². The first-order valence-corrected chi connectivity index (χ1v) is 6.36. The summed E-state index contributed by atoms with van der Waals surface area (Å²) < 4.78 is 19.5. The van der Waals surface area contributed by atoms with Gasteiger partial charge in [0.2, 0.25) is 0 Å².